The van der Waals surface area contributed by atoms with Crippen LogP contribution >= 0.6 is 0 Å². The second kappa shape index (κ2) is 6.46. The van der Waals surface area contributed by atoms with E-state index in [0.717, 1.165) is 5.92 Å². The van der Waals surface area contributed by atoms with Crippen molar-refractivity contribution in [1.82, 2.24) is 5.32 Å². The van der Waals surface area contributed by atoms with Gasteiger partial charge in [0.15, 0.2) is 6.29 Å². The van der Waals surface area contributed by atoms with E-state index in [1.165, 1.54) is 25.7 Å². The summed E-state index contributed by atoms with van der Waals surface area (Å²) in [6.45, 7) is 4.46. The molecule has 0 bridgehead atoms. The molecule has 0 aromatic heterocycles. The van der Waals surface area contributed by atoms with E-state index >= 15 is 0 Å². The third kappa shape index (κ3) is 3.74. The van der Waals surface area contributed by atoms with Crippen LogP contribution in [0.4, 0.5) is 0 Å². The molecular weight excluding hydrogens is 190 g/mol. The van der Waals surface area contributed by atoms with Crippen molar-refractivity contribution in [1.29, 1.82) is 0 Å². The topological polar surface area (TPSA) is 30.5 Å². The lowest BCUT2D eigenvalue weighted by Crippen LogP contribution is -2.48. The van der Waals surface area contributed by atoms with Gasteiger partial charge in [0.25, 0.3) is 0 Å². The number of nitrogens with one attached hydrogen (secondary N) is 1. The Morgan fingerprint density at radius 2 is 1.73 bits per heavy atom. The summed E-state index contributed by atoms with van der Waals surface area (Å²) in [5.74, 6) is 0.774. The molecule has 0 aromatic carbocycles. The number of hydrogen-bond donors (Lipinski definition) is 1. The summed E-state index contributed by atoms with van der Waals surface area (Å²) in [7, 11) is 3.38. The van der Waals surface area contributed by atoms with Crippen molar-refractivity contribution in [3.63, 3.8) is 0 Å². The predicted octanol–water partition coefficient (Wildman–Crippen LogP) is 2.16. The molecule has 3 heteroatoms. The highest BCUT2D eigenvalue weighted by atomic mass is 16.7. The molecule has 1 aliphatic rings. The van der Waals surface area contributed by atoms with Crippen LogP contribution in [0.2, 0.25) is 0 Å². The largest absolute Gasteiger partial charge is 0.354 e. The minimum Gasteiger partial charge on any atom is -0.354 e. The van der Waals surface area contributed by atoms with Crippen LogP contribution in [0.5, 0.6) is 0 Å². The lowest BCUT2D eigenvalue weighted by molar-refractivity contribution is -0.122. The highest BCUT2D eigenvalue weighted by Gasteiger charge is 2.25. The van der Waals surface area contributed by atoms with Crippen LogP contribution < -0.4 is 5.32 Å². The van der Waals surface area contributed by atoms with Crippen LogP contribution in [0.25, 0.3) is 0 Å². The molecule has 1 rings (SSSR count). The summed E-state index contributed by atoms with van der Waals surface area (Å²) in [6.07, 6.45) is 5.21. The molecular formula is C12H25NO2. The van der Waals surface area contributed by atoms with Crippen molar-refractivity contribution in [2.45, 2.75) is 57.9 Å². The number of hydrogen-bond acceptors (Lipinski definition) is 3. The monoisotopic (exact) mass is 215 g/mol. The molecule has 1 aliphatic carbocycles. The van der Waals surface area contributed by atoms with Gasteiger partial charge in [0.05, 0.1) is 6.04 Å². The Hall–Kier alpha value is -0.120. The number of methoxy groups -OCH3 is 2. The lowest BCUT2D eigenvalue weighted by Gasteiger charge is -2.34. The van der Waals surface area contributed by atoms with Crippen LogP contribution in [0.1, 0.15) is 39.5 Å². The van der Waals surface area contributed by atoms with Gasteiger partial charge >= 0.3 is 0 Å². The van der Waals surface area contributed by atoms with Crippen molar-refractivity contribution in [3.05, 3.63) is 0 Å². The van der Waals surface area contributed by atoms with Crippen molar-refractivity contribution in [2.24, 2.45) is 5.92 Å². The Morgan fingerprint density at radius 1 is 1.13 bits per heavy atom. The molecule has 15 heavy (non-hydrogen) atoms. The van der Waals surface area contributed by atoms with Gasteiger partial charge in [-0.15, -0.1) is 0 Å². The minimum atomic E-state index is -0.140. The van der Waals surface area contributed by atoms with Crippen molar-refractivity contribution in [3.8, 4) is 0 Å². The maximum Gasteiger partial charge on any atom is 0.171 e. The van der Waals surface area contributed by atoms with Gasteiger partial charge in [0.1, 0.15) is 0 Å². The molecule has 90 valence electrons. The molecule has 0 amide bonds. The lowest BCUT2D eigenvalue weighted by atomic mass is 9.85. The smallest absolute Gasteiger partial charge is 0.171 e. The summed E-state index contributed by atoms with van der Waals surface area (Å²) in [6, 6.07) is 0.882. The Kier molecular flexibility index (Phi) is 5.58. The third-order valence-corrected chi connectivity index (χ3v) is 3.46. The van der Waals surface area contributed by atoms with Gasteiger partial charge in [-0.05, 0) is 25.7 Å². The van der Waals surface area contributed by atoms with Gasteiger partial charge in [-0.1, -0.05) is 19.8 Å². The summed E-state index contributed by atoms with van der Waals surface area (Å²) in [5.41, 5.74) is 0. The van der Waals surface area contributed by atoms with Crippen LogP contribution in [-0.2, 0) is 9.47 Å². The quantitative estimate of drug-likeness (QED) is 0.713. The fourth-order valence-electron chi connectivity index (χ4n) is 2.48. The summed E-state index contributed by atoms with van der Waals surface area (Å²) >= 11 is 0. The zero-order valence-corrected chi connectivity index (χ0v) is 10.5. The fraction of sp³-hybridized carbons (Fsp3) is 1.00. The second-order valence-electron chi connectivity index (χ2n) is 4.66. The van der Waals surface area contributed by atoms with Crippen molar-refractivity contribution >= 4 is 0 Å². The van der Waals surface area contributed by atoms with Gasteiger partial charge in [-0.3, -0.25) is 0 Å². The maximum atomic E-state index is 5.25. The number of ether oxygens (including phenoxy) is 2. The fourth-order valence-corrected chi connectivity index (χ4v) is 2.48. The van der Waals surface area contributed by atoms with Gasteiger partial charge < -0.3 is 14.8 Å². The van der Waals surface area contributed by atoms with E-state index in [1.807, 2.05) is 0 Å². The standard InChI is InChI=1S/C12H25NO2/c1-9-7-5-6-8-11(9)13-10(2)12(14-3)15-4/h9-13H,5-8H2,1-4H3. The van der Waals surface area contributed by atoms with E-state index < -0.39 is 0 Å². The maximum absolute atomic E-state index is 5.25. The molecule has 0 heterocycles. The molecule has 3 unspecified atom stereocenters. The molecule has 1 fully saturated rings. The zero-order chi connectivity index (χ0) is 11.3. The molecule has 0 radical (unpaired) electrons. The highest BCUT2D eigenvalue weighted by Crippen LogP contribution is 2.24. The first-order valence-corrected chi connectivity index (χ1v) is 6.00. The zero-order valence-electron chi connectivity index (χ0n) is 10.5. The first-order chi connectivity index (χ1) is 7.19. The normalized spacial score (nSPS) is 29.4. The van der Waals surface area contributed by atoms with E-state index in [9.17, 15) is 0 Å². The van der Waals surface area contributed by atoms with Crippen LogP contribution in [-0.4, -0.2) is 32.6 Å². The van der Waals surface area contributed by atoms with Gasteiger partial charge in [-0.2, -0.15) is 0 Å². The summed E-state index contributed by atoms with van der Waals surface area (Å²) in [5, 5.41) is 3.62. The van der Waals surface area contributed by atoms with Crippen LogP contribution in [0.3, 0.4) is 0 Å². The van der Waals surface area contributed by atoms with E-state index in [1.54, 1.807) is 14.2 Å². The predicted molar refractivity (Wildman–Crippen MR) is 61.8 cm³/mol. The first-order valence-electron chi connectivity index (χ1n) is 6.00. The average molecular weight is 215 g/mol. The van der Waals surface area contributed by atoms with Gasteiger partial charge in [-0.25, -0.2) is 0 Å². The molecule has 0 saturated heterocycles. The summed E-state index contributed by atoms with van der Waals surface area (Å²) < 4.78 is 10.5. The van der Waals surface area contributed by atoms with E-state index in [-0.39, 0.29) is 12.3 Å². The Balaban J connectivity index is 2.38. The summed E-state index contributed by atoms with van der Waals surface area (Å²) in [4.78, 5) is 0. The molecule has 3 nitrogen and oxygen atoms in total. The van der Waals surface area contributed by atoms with Gasteiger partial charge in [0, 0.05) is 20.3 Å². The highest BCUT2D eigenvalue weighted by molar-refractivity contribution is 4.81. The SMILES string of the molecule is COC(OC)C(C)NC1CCCCC1C. The Morgan fingerprint density at radius 3 is 2.27 bits per heavy atom. The number of rotatable bonds is 5. The first kappa shape index (κ1) is 12.9. The van der Waals surface area contributed by atoms with Crippen molar-refractivity contribution < 1.29 is 9.47 Å². The molecule has 0 aliphatic heterocycles. The molecule has 3 atom stereocenters. The minimum absolute atomic E-state index is 0.140. The van der Waals surface area contributed by atoms with Crippen LogP contribution in [0, 0.1) is 5.92 Å². The average Bonchev–Trinajstić information content (AvgIpc) is 2.23. The second-order valence-corrected chi connectivity index (χ2v) is 4.66. The molecule has 0 spiro atoms. The molecule has 1 N–H and O–H groups in total. The Bertz CT molecular complexity index is 171. The Labute approximate surface area is 93.5 Å². The van der Waals surface area contributed by atoms with Gasteiger partial charge in [0.2, 0.25) is 0 Å². The third-order valence-electron chi connectivity index (χ3n) is 3.46. The van der Waals surface area contributed by atoms with E-state index in [2.05, 4.69) is 19.2 Å². The van der Waals surface area contributed by atoms with E-state index in [0.29, 0.717) is 6.04 Å². The molecule has 1 saturated carbocycles. The van der Waals surface area contributed by atoms with Crippen molar-refractivity contribution in [2.75, 3.05) is 14.2 Å². The molecule has 0 aromatic rings. The van der Waals surface area contributed by atoms with Crippen LogP contribution in [0.15, 0.2) is 0 Å². The van der Waals surface area contributed by atoms with E-state index in [4.69, 9.17) is 9.47 Å².